The Morgan fingerprint density at radius 1 is 1.40 bits per heavy atom. The second kappa shape index (κ2) is 8.12. The highest BCUT2D eigenvalue weighted by Crippen LogP contribution is 2.13. The Bertz CT molecular complexity index is 143. The van der Waals surface area contributed by atoms with Crippen LogP contribution >= 0.6 is 0 Å². The van der Waals surface area contributed by atoms with Crippen LogP contribution in [0.1, 0.15) is 52.4 Å². The Balaban J connectivity index is 1.97. The lowest BCUT2D eigenvalue weighted by molar-refractivity contribution is 0.0539. The van der Waals surface area contributed by atoms with Gasteiger partial charge in [-0.15, -0.1) is 0 Å². The van der Waals surface area contributed by atoms with E-state index in [-0.39, 0.29) is 0 Å². The van der Waals surface area contributed by atoms with Crippen molar-refractivity contribution >= 4 is 0 Å². The molecule has 0 aromatic heterocycles. The zero-order valence-corrected chi connectivity index (χ0v) is 10.4. The molecule has 0 spiro atoms. The highest BCUT2D eigenvalue weighted by Gasteiger charge is 2.14. The molecule has 0 bridgehead atoms. The van der Waals surface area contributed by atoms with Crippen LogP contribution in [0.15, 0.2) is 0 Å². The summed E-state index contributed by atoms with van der Waals surface area (Å²) in [6.45, 7) is 7.65. The number of unbranched alkanes of at least 4 members (excludes halogenated alkanes) is 2. The number of hydrogen-bond acceptors (Lipinski definition) is 2. The van der Waals surface area contributed by atoms with E-state index in [1.54, 1.807) is 0 Å². The fraction of sp³-hybridized carbons (Fsp3) is 1.00. The van der Waals surface area contributed by atoms with Gasteiger partial charge in [0, 0.05) is 19.2 Å². The van der Waals surface area contributed by atoms with E-state index in [0.29, 0.717) is 6.04 Å². The molecule has 2 atom stereocenters. The van der Waals surface area contributed by atoms with Crippen LogP contribution in [0.3, 0.4) is 0 Å². The van der Waals surface area contributed by atoms with Gasteiger partial charge in [-0.25, -0.2) is 0 Å². The van der Waals surface area contributed by atoms with Gasteiger partial charge in [0.15, 0.2) is 0 Å². The van der Waals surface area contributed by atoms with Crippen molar-refractivity contribution in [1.29, 1.82) is 0 Å². The van der Waals surface area contributed by atoms with E-state index in [1.165, 1.54) is 38.5 Å². The zero-order valence-electron chi connectivity index (χ0n) is 10.4. The first kappa shape index (κ1) is 13.0. The summed E-state index contributed by atoms with van der Waals surface area (Å²) in [5, 5.41) is 3.63. The first-order valence-corrected chi connectivity index (χ1v) is 6.64. The van der Waals surface area contributed by atoms with Gasteiger partial charge in [0.2, 0.25) is 0 Å². The van der Waals surface area contributed by atoms with Crippen molar-refractivity contribution in [2.75, 3.05) is 19.8 Å². The molecule has 1 heterocycles. The zero-order chi connectivity index (χ0) is 10.9. The highest BCUT2D eigenvalue weighted by atomic mass is 16.5. The molecule has 1 aliphatic heterocycles. The van der Waals surface area contributed by atoms with Gasteiger partial charge in [-0.3, -0.25) is 0 Å². The lowest BCUT2D eigenvalue weighted by atomic mass is 10.0. The quantitative estimate of drug-likeness (QED) is 0.656. The number of nitrogens with one attached hydrogen (secondary N) is 1. The Morgan fingerprint density at radius 3 is 2.93 bits per heavy atom. The Morgan fingerprint density at radius 2 is 2.27 bits per heavy atom. The lowest BCUT2D eigenvalue weighted by Crippen LogP contribution is -2.34. The SMILES string of the molecule is CCCCCC(C)NCC1CCCOC1. The number of rotatable bonds is 7. The van der Waals surface area contributed by atoms with Crippen LogP contribution in [-0.4, -0.2) is 25.8 Å². The van der Waals surface area contributed by atoms with E-state index in [0.717, 1.165) is 25.7 Å². The molecule has 1 fully saturated rings. The minimum atomic E-state index is 0.679. The van der Waals surface area contributed by atoms with Gasteiger partial charge in [0.25, 0.3) is 0 Å². The van der Waals surface area contributed by atoms with Gasteiger partial charge in [-0.1, -0.05) is 26.2 Å². The molecule has 0 amide bonds. The van der Waals surface area contributed by atoms with Crippen molar-refractivity contribution < 1.29 is 4.74 Å². The van der Waals surface area contributed by atoms with Crippen LogP contribution in [0.25, 0.3) is 0 Å². The molecular weight excluding hydrogens is 186 g/mol. The lowest BCUT2D eigenvalue weighted by Gasteiger charge is -2.24. The van der Waals surface area contributed by atoms with E-state index < -0.39 is 0 Å². The molecule has 2 nitrogen and oxygen atoms in total. The Labute approximate surface area is 94.8 Å². The fourth-order valence-corrected chi connectivity index (χ4v) is 2.14. The molecule has 1 saturated heterocycles. The maximum absolute atomic E-state index is 5.47. The van der Waals surface area contributed by atoms with Gasteiger partial charge in [-0.2, -0.15) is 0 Å². The van der Waals surface area contributed by atoms with Crippen LogP contribution in [0, 0.1) is 5.92 Å². The summed E-state index contributed by atoms with van der Waals surface area (Å²) in [5.41, 5.74) is 0. The summed E-state index contributed by atoms with van der Waals surface area (Å²) in [6.07, 6.45) is 7.97. The second-order valence-corrected chi connectivity index (χ2v) is 4.89. The monoisotopic (exact) mass is 213 g/mol. The summed E-state index contributed by atoms with van der Waals surface area (Å²) in [4.78, 5) is 0. The normalized spacial score (nSPS) is 24.0. The average Bonchev–Trinajstić information content (AvgIpc) is 2.28. The molecule has 2 heteroatoms. The molecule has 15 heavy (non-hydrogen) atoms. The maximum atomic E-state index is 5.47. The number of ether oxygens (including phenoxy) is 1. The van der Waals surface area contributed by atoms with Gasteiger partial charge in [0.05, 0.1) is 6.61 Å². The van der Waals surface area contributed by atoms with Gasteiger partial charge in [0.1, 0.15) is 0 Å². The summed E-state index contributed by atoms with van der Waals surface area (Å²) >= 11 is 0. The van der Waals surface area contributed by atoms with E-state index in [9.17, 15) is 0 Å². The predicted octanol–water partition coefficient (Wildman–Crippen LogP) is 2.97. The van der Waals surface area contributed by atoms with E-state index in [4.69, 9.17) is 4.74 Å². The molecule has 1 rings (SSSR count). The molecule has 0 saturated carbocycles. The fourth-order valence-electron chi connectivity index (χ4n) is 2.14. The molecule has 0 radical (unpaired) electrons. The first-order chi connectivity index (χ1) is 7.33. The smallest absolute Gasteiger partial charge is 0.0506 e. The molecule has 0 aromatic rings. The molecule has 0 aromatic carbocycles. The van der Waals surface area contributed by atoms with Gasteiger partial charge in [-0.05, 0) is 32.1 Å². The summed E-state index contributed by atoms with van der Waals surface area (Å²) in [5.74, 6) is 0.757. The van der Waals surface area contributed by atoms with Crippen molar-refractivity contribution in [3.63, 3.8) is 0 Å². The van der Waals surface area contributed by atoms with Gasteiger partial charge < -0.3 is 10.1 Å². The van der Waals surface area contributed by atoms with Crippen LogP contribution in [0.5, 0.6) is 0 Å². The molecule has 0 aliphatic carbocycles. The summed E-state index contributed by atoms with van der Waals surface area (Å²) < 4.78 is 5.47. The van der Waals surface area contributed by atoms with Crippen molar-refractivity contribution in [1.82, 2.24) is 5.32 Å². The summed E-state index contributed by atoms with van der Waals surface area (Å²) in [6, 6.07) is 0.679. The van der Waals surface area contributed by atoms with Crippen molar-refractivity contribution in [2.24, 2.45) is 5.92 Å². The van der Waals surface area contributed by atoms with Crippen molar-refractivity contribution in [3.8, 4) is 0 Å². The molecule has 1 aliphatic rings. The predicted molar refractivity (Wildman–Crippen MR) is 65.1 cm³/mol. The van der Waals surface area contributed by atoms with Crippen LogP contribution in [-0.2, 0) is 4.74 Å². The van der Waals surface area contributed by atoms with E-state index >= 15 is 0 Å². The molecule has 2 unspecified atom stereocenters. The van der Waals surface area contributed by atoms with E-state index in [1.807, 2.05) is 0 Å². The highest BCUT2D eigenvalue weighted by molar-refractivity contribution is 4.69. The average molecular weight is 213 g/mol. The second-order valence-electron chi connectivity index (χ2n) is 4.89. The minimum Gasteiger partial charge on any atom is -0.381 e. The molecule has 90 valence electrons. The maximum Gasteiger partial charge on any atom is 0.0506 e. The Hall–Kier alpha value is -0.0800. The Kier molecular flexibility index (Phi) is 7.03. The summed E-state index contributed by atoms with van der Waals surface area (Å²) in [7, 11) is 0. The largest absolute Gasteiger partial charge is 0.381 e. The third-order valence-electron chi connectivity index (χ3n) is 3.25. The van der Waals surface area contributed by atoms with Crippen molar-refractivity contribution in [2.45, 2.75) is 58.4 Å². The topological polar surface area (TPSA) is 21.3 Å². The molecular formula is C13H27NO. The number of hydrogen-bond donors (Lipinski definition) is 1. The molecule has 1 N–H and O–H groups in total. The van der Waals surface area contributed by atoms with Crippen LogP contribution < -0.4 is 5.32 Å². The minimum absolute atomic E-state index is 0.679. The first-order valence-electron chi connectivity index (χ1n) is 6.64. The third-order valence-corrected chi connectivity index (χ3v) is 3.25. The van der Waals surface area contributed by atoms with Crippen LogP contribution in [0.2, 0.25) is 0 Å². The van der Waals surface area contributed by atoms with E-state index in [2.05, 4.69) is 19.2 Å². The van der Waals surface area contributed by atoms with Crippen LogP contribution in [0.4, 0.5) is 0 Å². The standard InChI is InChI=1S/C13H27NO/c1-3-4-5-7-12(2)14-10-13-8-6-9-15-11-13/h12-14H,3-11H2,1-2H3. The van der Waals surface area contributed by atoms with Gasteiger partial charge >= 0.3 is 0 Å². The van der Waals surface area contributed by atoms with Crippen molar-refractivity contribution in [3.05, 3.63) is 0 Å². The third kappa shape index (κ3) is 6.16.